The summed E-state index contributed by atoms with van der Waals surface area (Å²) in [4.78, 5) is 14.7. The number of hydrogen-bond donors (Lipinski definition) is 2. The first-order valence-electron chi connectivity index (χ1n) is 8.50. The zero-order chi connectivity index (χ0) is 19.6. The molecule has 2 aromatic rings. The van der Waals surface area contributed by atoms with Gasteiger partial charge in [-0.15, -0.1) is 0 Å². The molecule has 1 atom stereocenters. The molecule has 0 aromatic heterocycles. The third-order valence-corrected chi connectivity index (χ3v) is 5.96. The van der Waals surface area contributed by atoms with Crippen molar-refractivity contribution in [2.24, 2.45) is 0 Å². The van der Waals surface area contributed by atoms with Gasteiger partial charge in [0.15, 0.2) is 5.60 Å². The summed E-state index contributed by atoms with van der Waals surface area (Å²) in [6.45, 7) is 2.51. The first kappa shape index (κ1) is 20.1. The summed E-state index contributed by atoms with van der Waals surface area (Å²) >= 11 is 5.66. The van der Waals surface area contributed by atoms with Crippen molar-refractivity contribution in [3.05, 3.63) is 57.6 Å². The van der Waals surface area contributed by atoms with Crippen molar-refractivity contribution >= 4 is 55.8 Å². The summed E-state index contributed by atoms with van der Waals surface area (Å²) in [5.74, 6) is -0.461. The largest absolute Gasteiger partial charge is 0.378 e. The molecule has 2 aromatic carbocycles. The lowest BCUT2D eigenvalue weighted by molar-refractivity contribution is -0.131. The van der Waals surface area contributed by atoms with Crippen LogP contribution in [0.4, 0.5) is 11.4 Å². The Kier molecular flexibility index (Phi) is 6.08. The summed E-state index contributed by atoms with van der Waals surface area (Å²) in [5, 5.41) is 22.7. The van der Waals surface area contributed by atoms with Crippen LogP contribution in [0.5, 0.6) is 0 Å². The Morgan fingerprint density at radius 1 is 1.41 bits per heavy atom. The first-order chi connectivity index (χ1) is 12.8. The van der Waals surface area contributed by atoms with Crippen molar-refractivity contribution in [2.45, 2.75) is 23.4 Å². The van der Waals surface area contributed by atoms with Crippen molar-refractivity contribution in [2.75, 3.05) is 23.3 Å². The lowest BCUT2D eigenvalue weighted by atomic mass is 10.0. The molecular formula is C20H19BrIN3O2. The Labute approximate surface area is 180 Å². The monoisotopic (exact) mass is 539 g/mol. The van der Waals surface area contributed by atoms with Gasteiger partial charge in [-0.1, -0.05) is 38.5 Å². The zero-order valence-electron chi connectivity index (χ0n) is 14.8. The minimum absolute atomic E-state index is 0.211. The van der Waals surface area contributed by atoms with E-state index in [1.807, 2.05) is 17.0 Å². The number of carbonyl (C=O) groups is 1. The maximum atomic E-state index is 12.7. The number of benzene rings is 2. The number of fused-ring (bicyclic) bond motifs is 1. The van der Waals surface area contributed by atoms with Crippen LogP contribution in [0.3, 0.4) is 0 Å². The van der Waals surface area contributed by atoms with Crippen molar-refractivity contribution < 1.29 is 9.90 Å². The lowest BCUT2D eigenvalue weighted by Gasteiger charge is -2.29. The van der Waals surface area contributed by atoms with Crippen LogP contribution in [0.1, 0.15) is 23.6 Å². The molecule has 140 valence electrons. The number of amides is 1. The number of nitriles is 1. The molecule has 0 bridgehead atoms. The molecule has 0 radical (unpaired) electrons. The highest BCUT2D eigenvalue weighted by Crippen LogP contribution is 2.31. The minimum atomic E-state index is -1.55. The molecule has 1 aliphatic heterocycles. The van der Waals surface area contributed by atoms with Crippen LogP contribution in [0.25, 0.3) is 0 Å². The summed E-state index contributed by atoms with van der Waals surface area (Å²) in [5.41, 5.74) is 2.74. The quantitative estimate of drug-likeness (QED) is 0.444. The van der Waals surface area contributed by atoms with Crippen LogP contribution in [-0.4, -0.2) is 29.7 Å². The van der Waals surface area contributed by atoms with E-state index in [0.29, 0.717) is 15.7 Å². The minimum Gasteiger partial charge on any atom is -0.378 e. The molecule has 1 amide bonds. The highest BCUT2D eigenvalue weighted by Gasteiger charge is 2.35. The fourth-order valence-corrected chi connectivity index (χ4v) is 4.24. The van der Waals surface area contributed by atoms with Crippen molar-refractivity contribution in [1.29, 1.82) is 5.26 Å². The Bertz CT molecular complexity index is 924. The standard InChI is InChI=1S/C20H19BrIN3O2/c1-20(27,12-25-7-6-13-8-16(21)3-5-18(13)25)19(26)24-17-4-2-14(11-23)15(9-17)10-22/h2-5,8-9,27H,6-7,10,12H2,1H3,(H,24,26)/t20-/m0/s1. The molecule has 0 saturated heterocycles. The molecule has 5 nitrogen and oxygen atoms in total. The third kappa shape index (κ3) is 4.45. The predicted molar refractivity (Wildman–Crippen MR) is 118 cm³/mol. The predicted octanol–water partition coefficient (Wildman–Crippen LogP) is 4.01. The number of nitrogens with one attached hydrogen (secondary N) is 1. The Balaban J connectivity index is 1.72. The molecule has 1 heterocycles. The smallest absolute Gasteiger partial charge is 0.257 e. The van der Waals surface area contributed by atoms with Gasteiger partial charge in [0.25, 0.3) is 5.91 Å². The lowest BCUT2D eigenvalue weighted by Crippen LogP contribution is -2.49. The van der Waals surface area contributed by atoms with Crippen LogP contribution in [0.15, 0.2) is 40.9 Å². The van der Waals surface area contributed by atoms with Gasteiger partial charge in [0.2, 0.25) is 0 Å². The number of rotatable bonds is 5. The highest BCUT2D eigenvalue weighted by atomic mass is 127. The van der Waals surface area contributed by atoms with Crippen LogP contribution in [-0.2, 0) is 15.6 Å². The Hall–Kier alpha value is -1.63. The molecule has 0 saturated carbocycles. The van der Waals surface area contributed by atoms with Gasteiger partial charge in [-0.2, -0.15) is 5.26 Å². The molecule has 3 rings (SSSR count). The maximum absolute atomic E-state index is 12.7. The number of anilines is 2. The fourth-order valence-electron chi connectivity index (χ4n) is 3.20. The van der Waals surface area contributed by atoms with E-state index >= 15 is 0 Å². The molecule has 0 aliphatic carbocycles. The molecule has 1 aliphatic rings. The van der Waals surface area contributed by atoms with E-state index < -0.39 is 11.5 Å². The van der Waals surface area contributed by atoms with E-state index in [4.69, 9.17) is 5.26 Å². The van der Waals surface area contributed by atoms with E-state index in [1.54, 1.807) is 18.2 Å². The molecule has 27 heavy (non-hydrogen) atoms. The molecule has 2 N–H and O–H groups in total. The molecule has 7 heteroatoms. The van der Waals surface area contributed by atoms with Crippen molar-refractivity contribution in [1.82, 2.24) is 0 Å². The van der Waals surface area contributed by atoms with Gasteiger partial charge in [0, 0.05) is 26.8 Å². The maximum Gasteiger partial charge on any atom is 0.257 e. The van der Waals surface area contributed by atoms with E-state index in [2.05, 4.69) is 56.0 Å². The number of halogens is 2. The number of nitrogens with zero attached hydrogens (tertiary/aromatic N) is 2. The molecular weight excluding hydrogens is 521 g/mol. The van der Waals surface area contributed by atoms with Gasteiger partial charge in [0.05, 0.1) is 18.2 Å². The van der Waals surface area contributed by atoms with Gasteiger partial charge < -0.3 is 15.3 Å². The number of aliphatic hydroxyl groups is 1. The van der Waals surface area contributed by atoms with Crippen LogP contribution in [0.2, 0.25) is 0 Å². The second-order valence-corrected chi connectivity index (χ2v) is 8.47. The topological polar surface area (TPSA) is 76.4 Å². The number of carbonyl (C=O) groups excluding carboxylic acids is 1. The van der Waals surface area contributed by atoms with Gasteiger partial charge in [-0.3, -0.25) is 4.79 Å². The Morgan fingerprint density at radius 3 is 2.89 bits per heavy atom. The summed E-state index contributed by atoms with van der Waals surface area (Å²) in [6, 6.07) is 13.3. The number of alkyl halides is 1. The molecule has 0 spiro atoms. The second-order valence-electron chi connectivity index (χ2n) is 6.79. The summed E-state index contributed by atoms with van der Waals surface area (Å²) in [7, 11) is 0. The van der Waals surface area contributed by atoms with Crippen molar-refractivity contribution in [3.8, 4) is 6.07 Å². The zero-order valence-corrected chi connectivity index (χ0v) is 18.5. The van der Waals surface area contributed by atoms with E-state index in [1.165, 1.54) is 12.5 Å². The first-order valence-corrected chi connectivity index (χ1v) is 10.8. The van der Waals surface area contributed by atoms with Crippen LogP contribution in [0, 0.1) is 11.3 Å². The van der Waals surface area contributed by atoms with Gasteiger partial charge in [-0.05, 0) is 60.9 Å². The van der Waals surface area contributed by atoms with E-state index in [0.717, 1.165) is 28.7 Å². The normalized spacial score (nSPS) is 15.0. The fraction of sp³-hybridized carbons (Fsp3) is 0.300. The second kappa shape index (κ2) is 8.17. The number of hydrogen-bond acceptors (Lipinski definition) is 4. The molecule has 0 fully saturated rings. The third-order valence-electron chi connectivity index (χ3n) is 4.65. The molecule has 0 unspecified atom stereocenters. The highest BCUT2D eigenvalue weighted by molar-refractivity contribution is 14.1. The van der Waals surface area contributed by atoms with Gasteiger partial charge >= 0.3 is 0 Å². The van der Waals surface area contributed by atoms with Gasteiger partial charge in [0.1, 0.15) is 0 Å². The number of β-amino-alcohol motifs (C(OH)–C–C–N with tert-alkyl or cyclic N) is 1. The van der Waals surface area contributed by atoms with E-state index in [9.17, 15) is 9.90 Å². The average molecular weight is 540 g/mol. The SMILES string of the molecule is C[C@](O)(CN1CCc2cc(Br)ccc21)C(=O)Nc1ccc(C#N)c(CI)c1. The van der Waals surface area contributed by atoms with Crippen molar-refractivity contribution in [3.63, 3.8) is 0 Å². The Morgan fingerprint density at radius 2 is 2.19 bits per heavy atom. The van der Waals surface area contributed by atoms with Crippen LogP contribution >= 0.6 is 38.5 Å². The van der Waals surface area contributed by atoms with E-state index in [-0.39, 0.29) is 6.54 Å². The van der Waals surface area contributed by atoms with Crippen LogP contribution < -0.4 is 10.2 Å². The van der Waals surface area contributed by atoms with Gasteiger partial charge in [-0.25, -0.2) is 0 Å². The summed E-state index contributed by atoms with van der Waals surface area (Å²) < 4.78 is 1.69. The summed E-state index contributed by atoms with van der Waals surface area (Å²) in [6.07, 6.45) is 0.890. The average Bonchev–Trinajstić information content (AvgIpc) is 3.02.